The molecule has 0 amide bonds. The third-order valence-corrected chi connectivity index (χ3v) is 2.49. The SMILES string of the molecule is S=c1nn[nH]n1Cc1ccsc1. The Kier molecular flexibility index (Phi) is 2.01. The Hall–Kier alpha value is -1.01. The minimum Gasteiger partial charge on any atom is -0.238 e. The van der Waals surface area contributed by atoms with Crippen molar-refractivity contribution in [1.82, 2.24) is 20.2 Å². The van der Waals surface area contributed by atoms with E-state index in [0.29, 0.717) is 4.77 Å². The minimum absolute atomic E-state index is 0.487. The van der Waals surface area contributed by atoms with Crippen molar-refractivity contribution >= 4 is 23.6 Å². The van der Waals surface area contributed by atoms with Crippen LogP contribution in [-0.4, -0.2) is 20.2 Å². The maximum atomic E-state index is 4.92. The van der Waals surface area contributed by atoms with Crippen LogP contribution in [0.2, 0.25) is 0 Å². The van der Waals surface area contributed by atoms with Crippen LogP contribution in [0, 0.1) is 4.77 Å². The topological polar surface area (TPSA) is 46.5 Å². The normalized spacial score (nSPS) is 10.3. The number of hydrogen-bond acceptors (Lipinski definition) is 4. The second-order valence-electron chi connectivity index (χ2n) is 2.30. The summed E-state index contributed by atoms with van der Waals surface area (Å²) in [6.07, 6.45) is 0. The lowest BCUT2D eigenvalue weighted by Crippen LogP contribution is -2.00. The Bertz CT molecular complexity index is 399. The molecule has 12 heavy (non-hydrogen) atoms. The first-order chi connectivity index (χ1) is 5.86. The van der Waals surface area contributed by atoms with Crippen LogP contribution in [0.3, 0.4) is 0 Å². The summed E-state index contributed by atoms with van der Waals surface area (Å²) in [5.41, 5.74) is 1.21. The molecule has 0 aliphatic heterocycles. The van der Waals surface area contributed by atoms with Crippen molar-refractivity contribution in [3.05, 3.63) is 27.2 Å². The largest absolute Gasteiger partial charge is 0.238 e. The van der Waals surface area contributed by atoms with E-state index in [-0.39, 0.29) is 0 Å². The second kappa shape index (κ2) is 3.16. The number of nitrogens with zero attached hydrogens (tertiary/aromatic N) is 3. The average Bonchev–Trinajstić information content (AvgIpc) is 2.65. The van der Waals surface area contributed by atoms with Gasteiger partial charge in [-0.15, -0.1) is 0 Å². The van der Waals surface area contributed by atoms with E-state index in [1.165, 1.54) is 5.56 Å². The number of rotatable bonds is 2. The molecule has 1 N–H and O–H groups in total. The molecule has 4 nitrogen and oxygen atoms in total. The van der Waals surface area contributed by atoms with Gasteiger partial charge in [-0.25, -0.2) is 4.68 Å². The van der Waals surface area contributed by atoms with Crippen LogP contribution in [0.5, 0.6) is 0 Å². The molecule has 0 aliphatic rings. The third kappa shape index (κ3) is 1.44. The average molecular weight is 198 g/mol. The zero-order chi connectivity index (χ0) is 8.39. The Labute approximate surface area is 77.8 Å². The molecule has 62 valence electrons. The lowest BCUT2D eigenvalue weighted by atomic mass is 10.3. The summed E-state index contributed by atoms with van der Waals surface area (Å²) in [4.78, 5) is 0. The van der Waals surface area contributed by atoms with Gasteiger partial charge >= 0.3 is 0 Å². The monoisotopic (exact) mass is 198 g/mol. The molecule has 0 fully saturated rings. The van der Waals surface area contributed by atoms with E-state index in [2.05, 4.69) is 20.9 Å². The second-order valence-corrected chi connectivity index (χ2v) is 3.45. The predicted molar refractivity (Wildman–Crippen MR) is 48.6 cm³/mol. The number of thiophene rings is 1. The van der Waals surface area contributed by atoms with Crippen LogP contribution < -0.4 is 0 Å². The van der Waals surface area contributed by atoms with E-state index in [1.54, 1.807) is 16.0 Å². The van der Waals surface area contributed by atoms with Gasteiger partial charge in [0.1, 0.15) is 0 Å². The summed E-state index contributed by atoms with van der Waals surface area (Å²) >= 11 is 6.59. The van der Waals surface area contributed by atoms with Crippen molar-refractivity contribution in [2.75, 3.05) is 0 Å². The van der Waals surface area contributed by atoms with Gasteiger partial charge in [-0.2, -0.15) is 16.6 Å². The summed E-state index contributed by atoms with van der Waals surface area (Å²) in [6, 6.07) is 2.05. The molecule has 0 saturated heterocycles. The van der Waals surface area contributed by atoms with Crippen molar-refractivity contribution in [1.29, 1.82) is 0 Å². The molecule has 0 spiro atoms. The van der Waals surface area contributed by atoms with Gasteiger partial charge in [0.05, 0.1) is 6.54 Å². The van der Waals surface area contributed by atoms with Crippen LogP contribution in [0.1, 0.15) is 5.56 Å². The van der Waals surface area contributed by atoms with Gasteiger partial charge in [0.2, 0.25) is 4.77 Å². The summed E-state index contributed by atoms with van der Waals surface area (Å²) in [6.45, 7) is 0.718. The van der Waals surface area contributed by atoms with Crippen molar-refractivity contribution < 1.29 is 0 Å². The molecular weight excluding hydrogens is 192 g/mol. The molecule has 6 heteroatoms. The van der Waals surface area contributed by atoms with Crippen molar-refractivity contribution in [3.63, 3.8) is 0 Å². The first-order valence-corrected chi connectivity index (χ1v) is 4.70. The highest BCUT2D eigenvalue weighted by Gasteiger charge is 1.96. The van der Waals surface area contributed by atoms with Gasteiger partial charge in [-0.3, -0.25) is 0 Å². The predicted octanol–water partition coefficient (Wildman–Crippen LogP) is 1.45. The number of nitrogens with one attached hydrogen (secondary N) is 1. The van der Waals surface area contributed by atoms with Crippen LogP contribution in [-0.2, 0) is 6.54 Å². The number of H-pyrrole nitrogens is 1. The Morgan fingerprint density at radius 1 is 1.67 bits per heavy atom. The first kappa shape index (κ1) is 7.63. The highest BCUT2D eigenvalue weighted by Crippen LogP contribution is 2.06. The van der Waals surface area contributed by atoms with Crippen molar-refractivity contribution in [3.8, 4) is 0 Å². The number of tetrazole rings is 1. The first-order valence-electron chi connectivity index (χ1n) is 3.35. The van der Waals surface area contributed by atoms with E-state index in [9.17, 15) is 0 Å². The fraction of sp³-hybridized carbons (Fsp3) is 0.167. The quantitative estimate of drug-likeness (QED) is 0.743. The molecule has 0 atom stereocenters. The Morgan fingerprint density at radius 2 is 2.58 bits per heavy atom. The number of aromatic nitrogens is 4. The molecule has 0 aliphatic carbocycles. The van der Waals surface area contributed by atoms with E-state index in [0.717, 1.165) is 6.54 Å². The van der Waals surface area contributed by atoms with E-state index < -0.39 is 0 Å². The number of aromatic amines is 1. The zero-order valence-corrected chi connectivity index (χ0v) is 7.73. The lowest BCUT2D eigenvalue weighted by Gasteiger charge is -1.95. The molecule has 0 unspecified atom stereocenters. The fourth-order valence-corrected chi connectivity index (χ4v) is 1.69. The molecule has 2 heterocycles. The summed E-state index contributed by atoms with van der Waals surface area (Å²) in [5, 5.41) is 14.1. The number of hydrogen-bond donors (Lipinski definition) is 1. The van der Waals surface area contributed by atoms with Gasteiger partial charge < -0.3 is 0 Å². The van der Waals surface area contributed by atoms with E-state index >= 15 is 0 Å². The molecule has 2 aromatic rings. The van der Waals surface area contributed by atoms with Crippen LogP contribution in [0.4, 0.5) is 0 Å². The summed E-state index contributed by atoms with van der Waals surface area (Å²) < 4.78 is 2.21. The van der Waals surface area contributed by atoms with Crippen LogP contribution >= 0.6 is 23.6 Å². The third-order valence-electron chi connectivity index (χ3n) is 1.45. The molecule has 0 aromatic carbocycles. The smallest absolute Gasteiger partial charge is 0.238 e. The minimum atomic E-state index is 0.487. The maximum Gasteiger partial charge on any atom is 0.238 e. The van der Waals surface area contributed by atoms with E-state index in [4.69, 9.17) is 12.2 Å². The van der Waals surface area contributed by atoms with Gasteiger partial charge in [0.25, 0.3) is 0 Å². The van der Waals surface area contributed by atoms with Crippen molar-refractivity contribution in [2.45, 2.75) is 6.54 Å². The molecule has 0 saturated carbocycles. The van der Waals surface area contributed by atoms with Gasteiger partial charge in [0, 0.05) is 0 Å². The highest BCUT2D eigenvalue weighted by atomic mass is 32.1. The van der Waals surface area contributed by atoms with Crippen molar-refractivity contribution in [2.24, 2.45) is 0 Å². The molecule has 2 aromatic heterocycles. The maximum absolute atomic E-state index is 4.92. The molecular formula is C6H6N4S2. The lowest BCUT2D eigenvalue weighted by molar-refractivity contribution is 0.643. The fourth-order valence-electron chi connectivity index (χ4n) is 0.884. The standard InChI is InChI=1S/C6H6N4S2/c11-6-7-8-9-10(6)3-5-1-2-12-4-5/h1-2,4H,3H2,(H,7,9,11). The van der Waals surface area contributed by atoms with E-state index in [1.807, 2.05) is 11.4 Å². The molecule has 0 radical (unpaired) electrons. The highest BCUT2D eigenvalue weighted by molar-refractivity contribution is 7.71. The van der Waals surface area contributed by atoms with Gasteiger partial charge in [-0.05, 0) is 34.6 Å². The Balaban J connectivity index is 2.25. The molecule has 0 bridgehead atoms. The summed E-state index contributed by atoms with van der Waals surface area (Å²) in [7, 11) is 0. The van der Waals surface area contributed by atoms with Crippen LogP contribution in [0.25, 0.3) is 0 Å². The zero-order valence-electron chi connectivity index (χ0n) is 6.10. The Morgan fingerprint density at radius 3 is 3.17 bits per heavy atom. The molecule has 2 rings (SSSR count). The van der Waals surface area contributed by atoms with Gasteiger partial charge in [-0.1, -0.05) is 10.3 Å². The summed E-state index contributed by atoms with van der Waals surface area (Å²) in [5.74, 6) is 0. The van der Waals surface area contributed by atoms with Gasteiger partial charge in [0.15, 0.2) is 0 Å². The van der Waals surface area contributed by atoms with Crippen LogP contribution in [0.15, 0.2) is 16.8 Å².